The van der Waals surface area contributed by atoms with E-state index in [1.165, 1.54) is 22.9 Å². The smallest absolute Gasteiger partial charge is 0.276 e. The molecule has 2 aromatic carbocycles. The molecule has 1 heterocycles. The van der Waals surface area contributed by atoms with E-state index in [2.05, 4.69) is 10.4 Å². The zero-order chi connectivity index (χ0) is 19.8. The highest BCUT2D eigenvalue weighted by molar-refractivity contribution is 6.04. The first-order valence-electron chi connectivity index (χ1n) is 8.88. The molecule has 0 radical (unpaired) electrons. The summed E-state index contributed by atoms with van der Waals surface area (Å²) in [6.45, 7) is 1.58. The van der Waals surface area contributed by atoms with Gasteiger partial charge in [-0.05, 0) is 44.4 Å². The number of nitro groups is 1. The zero-order valence-electron chi connectivity index (χ0n) is 15.1. The second kappa shape index (κ2) is 6.88. The normalized spacial score (nSPS) is 12.6. The minimum absolute atomic E-state index is 0.0695. The van der Waals surface area contributed by atoms with E-state index in [4.69, 9.17) is 0 Å². The molecule has 1 aliphatic rings. The van der Waals surface area contributed by atoms with Crippen molar-refractivity contribution in [3.05, 3.63) is 80.9 Å². The van der Waals surface area contributed by atoms with Crippen molar-refractivity contribution in [2.45, 2.75) is 26.2 Å². The Morgan fingerprint density at radius 2 is 2.00 bits per heavy atom. The van der Waals surface area contributed by atoms with Crippen LogP contribution in [0.4, 0.5) is 15.8 Å². The third-order valence-corrected chi connectivity index (χ3v) is 4.98. The lowest BCUT2D eigenvalue weighted by Crippen LogP contribution is -2.16. The standard InChI is InChI=1S/C20H17FN4O3/c1-12-15(8-5-10-16(12)25(27)28)22-20(26)19-13-6-4-11-17(13)24(23-19)18-9-3-2-7-14(18)21/h2-3,5,7-10H,4,6,11H2,1H3,(H,22,26). The molecule has 0 atom stereocenters. The van der Waals surface area contributed by atoms with Gasteiger partial charge in [0.2, 0.25) is 0 Å². The van der Waals surface area contributed by atoms with Crippen LogP contribution >= 0.6 is 0 Å². The summed E-state index contributed by atoms with van der Waals surface area (Å²) < 4.78 is 15.7. The highest BCUT2D eigenvalue weighted by Crippen LogP contribution is 2.30. The first-order chi connectivity index (χ1) is 13.5. The number of nitrogens with one attached hydrogen (secondary N) is 1. The van der Waals surface area contributed by atoms with E-state index in [-0.39, 0.29) is 11.4 Å². The molecule has 8 heteroatoms. The molecule has 3 aromatic rings. The van der Waals surface area contributed by atoms with Gasteiger partial charge in [-0.2, -0.15) is 5.10 Å². The summed E-state index contributed by atoms with van der Waals surface area (Å²) in [7, 11) is 0. The van der Waals surface area contributed by atoms with Gasteiger partial charge in [-0.15, -0.1) is 0 Å². The highest BCUT2D eigenvalue weighted by Gasteiger charge is 2.28. The summed E-state index contributed by atoms with van der Waals surface area (Å²) in [6, 6.07) is 10.8. The zero-order valence-corrected chi connectivity index (χ0v) is 15.1. The third kappa shape index (κ3) is 2.92. The van der Waals surface area contributed by atoms with Crippen LogP contribution in [0, 0.1) is 22.9 Å². The highest BCUT2D eigenvalue weighted by atomic mass is 19.1. The number of hydrogen-bond donors (Lipinski definition) is 1. The maximum Gasteiger partial charge on any atom is 0.276 e. The molecule has 0 spiro atoms. The Balaban J connectivity index is 1.72. The number of fused-ring (bicyclic) bond motifs is 1. The summed E-state index contributed by atoms with van der Waals surface area (Å²) in [6.07, 6.45) is 2.25. The SMILES string of the molecule is Cc1c(NC(=O)c2nn(-c3ccccc3F)c3c2CCC3)cccc1[N+](=O)[O-]. The summed E-state index contributed by atoms with van der Waals surface area (Å²) in [4.78, 5) is 23.5. The first kappa shape index (κ1) is 17.8. The number of rotatable bonds is 4. The number of amides is 1. The molecule has 142 valence electrons. The molecule has 0 unspecified atom stereocenters. The number of nitrogens with zero attached hydrogens (tertiary/aromatic N) is 3. The van der Waals surface area contributed by atoms with Crippen LogP contribution < -0.4 is 5.32 Å². The van der Waals surface area contributed by atoms with Gasteiger partial charge in [0.05, 0.1) is 16.2 Å². The number of para-hydroxylation sites is 1. The number of halogens is 1. The molecule has 0 fully saturated rings. The van der Waals surface area contributed by atoms with Crippen LogP contribution in [0.3, 0.4) is 0 Å². The largest absolute Gasteiger partial charge is 0.320 e. The number of benzene rings is 2. The van der Waals surface area contributed by atoms with Gasteiger partial charge in [0.25, 0.3) is 11.6 Å². The topological polar surface area (TPSA) is 90.1 Å². The lowest BCUT2D eigenvalue weighted by atomic mass is 10.1. The van der Waals surface area contributed by atoms with Gasteiger partial charge in [-0.25, -0.2) is 9.07 Å². The van der Waals surface area contributed by atoms with Crippen molar-refractivity contribution >= 4 is 17.3 Å². The Morgan fingerprint density at radius 3 is 2.75 bits per heavy atom. The number of anilines is 1. The van der Waals surface area contributed by atoms with Gasteiger partial charge in [-0.1, -0.05) is 18.2 Å². The second-order valence-electron chi connectivity index (χ2n) is 6.65. The van der Waals surface area contributed by atoms with Crippen molar-refractivity contribution in [2.75, 3.05) is 5.32 Å². The fourth-order valence-corrected chi connectivity index (χ4v) is 3.58. The number of carbonyl (C=O) groups is 1. The first-order valence-corrected chi connectivity index (χ1v) is 8.88. The van der Waals surface area contributed by atoms with E-state index in [1.807, 2.05) is 0 Å². The Bertz CT molecular complexity index is 1110. The van der Waals surface area contributed by atoms with E-state index < -0.39 is 16.6 Å². The number of hydrogen-bond acceptors (Lipinski definition) is 4. The molecule has 7 nitrogen and oxygen atoms in total. The van der Waals surface area contributed by atoms with Crippen LogP contribution in [0.15, 0.2) is 42.5 Å². The Kier molecular flexibility index (Phi) is 4.38. The van der Waals surface area contributed by atoms with Crippen LogP contribution in [-0.4, -0.2) is 20.6 Å². The lowest BCUT2D eigenvalue weighted by molar-refractivity contribution is -0.385. The maximum absolute atomic E-state index is 14.2. The Labute approximate surface area is 160 Å². The average molecular weight is 380 g/mol. The molecule has 0 aliphatic heterocycles. The van der Waals surface area contributed by atoms with E-state index in [1.54, 1.807) is 31.2 Å². The van der Waals surface area contributed by atoms with Crippen molar-refractivity contribution < 1.29 is 14.1 Å². The van der Waals surface area contributed by atoms with E-state index in [0.717, 1.165) is 17.7 Å². The van der Waals surface area contributed by atoms with Crippen molar-refractivity contribution in [1.82, 2.24) is 9.78 Å². The van der Waals surface area contributed by atoms with E-state index in [9.17, 15) is 19.3 Å². The number of carbonyl (C=O) groups excluding carboxylic acids is 1. The summed E-state index contributed by atoms with van der Waals surface area (Å²) in [5.41, 5.74) is 2.79. The monoisotopic (exact) mass is 380 g/mol. The second-order valence-corrected chi connectivity index (χ2v) is 6.65. The molecule has 0 bridgehead atoms. The van der Waals surface area contributed by atoms with Crippen molar-refractivity contribution in [2.24, 2.45) is 0 Å². The van der Waals surface area contributed by atoms with Gasteiger partial charge >= 0.3 is 0 Å². The average Bonchev–Trinajstić information content (AvgIpc) is 3.26. The summed E-state index contributed by atoms with van der Waals surface area (Å²) >= 11 is 0. The van der Waals surface area contributed by atoms with Gasteiger partial charge in [0, 0.05) is 17.3 Å². The van der Waals surface area contributed by atoms with Crippen LogP contribution in [0.25, 0.3) is 5.69 Å². The molecular weight excluding hydrogens is 363 g/mol. The molecule has 0 saturated heterocycles. The molecule has 0 saturated carbocycles. The van der Waals surface area contributed by atoms with Crippen LogP contribution in [0.1, 0.15) is 33.7 Å². The molecule has 1 aliphatic carbocycles. The van der Waals surface area contributed by atoms with Crippen molar-refractivity contribution in [1.29, 1.82) is 0 Å². The maximum atomic E-state index is 14.2. The number of nitro benzene ring substituents is 1. The van der Waals surface area contributed by atoms with Gasteiger partial charge < -0.3 is 5.32 Å². The van der Waals surface area contributed by atoms with Crippen LogP contribution in [0.2, 0.25) is 0 Å². The van der Waals surface area contributed by atoms with Gasteiger partial charge in [0.1, 0.15) is 11.5 Å². The van der Waals surface area contributed by atoms with Crippen molar-refractivity contribution in [3.63, 3.8) is 0 Å². The Hall–Kier alpha value is -3.55. The third-order valence-electron chi connectivity index (χ3n) is 4.98. The summed E-state index contributed by atoms with van der Waals surface area (Å²) in [5.74, 6) is -0.877. The molecule has 1 aromatic heterocycles. The molecule has 1 N–H and O–H groups in total. The van der Waals surface area contributed by atoms with E-state index >= 15 is 0 Å². The van der Waals surface area contributed by atoms with Crippen LogP contribution in [0.5, 0.6) is 0 Å². The molecule has 28 heavy (non-hydrogen) atoms. The quantitative estimate of drug-likeness (QED) is 0.548. The lowest BCUT2D eigenvalue weighted by Gasteiger charge is -2.08. The fraction of sp³-hybridized carbons (Fsp3) is 0.200. The molecule has 4 rings (SSSR count). The van der Waals surface area contributed by atoms with Gasteiger partial charge in [-0.3, -0.25) is 14.9 Å². The minimum Gasteiger partial charge on any atom is -0.320 e. The van der Waals surface area contributed by atoms with Crippen molar-refractivity contribution in [3.8, 4) is 5.69 Å². The molecular formula is C20H17FN4O3. The van der Waals surface area contributed by atoms with Gasteiger partial charge in [0.15, 0.2) is 5.69 Å². The summed E-state index contributed by atoms with van der Waals surface area (Å²) in [5, 5.41) is 18.2. The minimum atomic E-state index is -0.490. The van der Waals surface area contributed by atoms with E-state index in [0.29, 0.717) is 29.8 Å². The number of aromatic nitrogens is 2. The predicted molar refractivity (Wildman–Crippen MR) is 101 cm³/mol. The van der Waals surface area contributed by atoms with Crippen LogP contribution in [-0.2, 0) is 12.8 Å². The fourth-order valence-electron chi connectivity index (χ4n) is 3.58. The predicted octanol–water partition coefficient (Wildman–Crippen LogP) is 3.97. The molecule has 1 amide bonds. The Morgan fingerprint density at radius 1 is 1.21 bits per heavy atom.